The minimum absolute atomic E-state index is 0.0457. The molecule has 0 aliphatic heterocycles. The van der Waals surface area contributed by atoms with E-state index in [0.29, 0.717) is 5.56 Å². The summed E-state index contributed by atoms with van der Waals surface area (Å²) in [5.74, 6) is -1.53. The van der Waals surface area contributed by atoms with Crippen LogP contribution in [0.2, 0.25) is 0 Å². The lowest BCUT2D eigenvalue weighted by Crippen LogP contribution is -2.29. The van der Waals surface area contributed by atoms with E-state index in [0.717, 1.165) is 18.2 Å². The maximum absolute atomic E-state index is 13.6. The number of rotatable bonds is 5. The highest BCUT2D eigenvalue weighted by atomic mass is 19.4. The molecule has 0 spiro atoms. The van der Waals surface area contributed by atoms with Crippen molar-refractivity contribution in [2.45, 2.75) is 6.18 Å². The van der Waals surface area contributed by atoms with Crippen molar-refractivity contribution in [1.29, 1.82) is 0 Å². The highest BCUT2D eigenvalue weighted by Gasteiger charge is 2.30. The van der Waals surface area contributed by atoms with E-state index in [9.17, 15) is 22.4 Å². The summed E-state index contributed by atoms with van der Waals surface area (Å²) in [7, 11) is 1.27. The molecular weight excluding hydrogens is 382 g/mol. The van der Waals surface area contributed by atoms with Crippen molar-refractivity contribution in [3.63, 3.8) is 0 Å². The van der Waals surface area contributed by atoms with Crippen LogP contribution in [0.5, 0.6) is 5.88 Å². The summed E-state index contributed by atoms with van der Waals surface area (Å²) in [6, 6.07) is 6.81. The highest BCUT2D eigenvalue weighted by molar-refractivity contribution is 5.94. The van der Waals surface area contributed by atoms with Gasteiger partial charge >= 0.3 is 6.18 Å². The van der Waals surface area contributed by atoms with Crippen molar-refractivity contribution >= 4 is 11.6 Å². The number of pyridine rings is 1. The smallest absolute Gasteiger partial charge is 0.416 e. The monoisotopic (exact) mass is 395 g/mol. The Morgan fingerprint density at radius 3 is 2.50 bits per heavy atom. The van der Waals surface area contributed by atoms with Gasteiger partial charge in [0, 0.05) is 11.6 Å². The normalized spacial score (nSPS) is 11.2. The molecule has 1 amide bonds. The molecule has 0 aliphatic rings. The second kappa shape index (κ2) is 7.55. The Labute approximate surface area is 155 Å². The average molecular weight is 395 g/mol. The molecule has 1 aromatic carbocycles. The molecule has 7 nitrogen and oxygen atoms in total. The van der Waals surface area contributed by atoms with Gasteiger partial charge in [0.1, 0.15) is 5.69 Å². The lowest BCUT2D eigenvalue weighted by Gasteiger charge is -2.08. The van der Waals surface area contributed by atoms with Crippen LogP contribution in [-0.2, 0) is 6.18 Å². The number of hydrazine groups is 1. The van der Waals surface area contributed by atoms with Gasteiger partial charge in [-0.15, -0.1) is 0 Å². The number of nitrogens with zero attached hydrogens (tertiary/aromatic N) is 2. The lowest BCUT2D eigenvalue weighted by atomic mass is 10.1. The number of carbonyl (C=O) groups excluding carboxylic acids is 1. The number of alkyl halides is 3. The second-order valence-corrected chi connectivity index (χ2v) is 5.54. The van der Waals surface area contributed by atoms with E-state index in [1.807, 2.05) is 0 Å². The Bertz CT molecular complexity index is 986. The summed E-state index contributed by atoms with van der Waals surface area (Å²) < 4.78 is 56.1. The molecule has 11 heteroatoms. The zero-order valence-electron chi connectivity index (χ0n) is 14.3. The van der Waals surface area contributed by atoms with Crippen LogP contribution in [0.4, 0.5) is 23.2 Å². The summed E-state index contributed by atoms with van der Waals surface area (Å²) in [6.45, 7) is 0. The SMILES string of the molecule is COc1ncc(NNC(=O)c2cc(-c3ccc(C(F)(F)F)cc3)n[nH]2)cc1F. The van der Waals surface area contributed by atoms with Gasteiger partial charge in [-0.1, -0.05) is 12.1 Å². The van der Waals surface area contributed by atoms with Crippen molar-refractivity contribution in [1.82, 2.24) is 20.6 Å². The van der Waals surface area contributed by atoms with Crippen molar-refractivity contribution in [3.05, 3.63) is 59.7 Å². The third kappa shape index (κ3) is 4.19. The quantitative estimate of drug-likeness (QED) is 0.455. The summed E-state index contributed by atoms with van der Waals surface area (Å²) in [5, 5.41) is 6.39. The first-order valence-corrected chi connectivity index (χ1v) is 7.77. The summed E-state index contributed by atoms with van der Waals surface area (Å²) in [4.78, 5) is 15.8. The lowest BCUT2D eigenvalue weighted by molar-refractivity contribution is -0.137. The Balaban J connectivity index is 1.66. The maximum atomic E-state index is 13.6. The number of hydrogen-bond donors (Lipinski definition) is 3. The van der Waals surface area contributed by atoms with E-state index in [-0.39, 0.29) is 23.0 Å². The predicted molar refractivity (Wildman–Crippen MR) is 90.9 cm³/mol. The molecule has 2 heterocycles. The number of carbonyl (C=O) groups is 1. The van der Waals surface area contributed by atoms with Gasteiger partial charge in [0.25, 0.3) is 5.91 Å². The fraction of sp³-hybridized carbons (Fsp3) is 0.118. The average Bonchev–Trinajstić information content (AvgIpc) is 3.16. The summed E-state index contributed by atoms with van der Waals surface area (Å²) >= 11 is 0. The molecule has 28 heavy (non-hydrogen) atoms. The fourth-order valence-electron chi connectivity index (χ4n) is 2.26. The molecule has 3 aromatic rings. The van der Waals surface area contributed by atoms with E-state index in [1.165, 1.54) is 31.5 Å². The van der Waals surface area contributed by atoms with E-state index in [4.69, 9.17) is 0 Å². The summed E-state index contributed by atoms with van der Waals surface area (Å²) in [6.07, 6.45) is -3.18. The molecule has 146 valence electrons. The van der Waals surface area contributed by atoms with Crippen LogP contribution in [0.15, 0.2) is 42.6 Å². The molecule has 0 saturated carbocycles. The Morgan fingerprint density at radius 2 is 1.89 bits per heavy atom. The largest absolute Gasteiger partial charge is 0.479 e. The molecule has 3 N–H and O–H groups in total. The van der Waals surface area contributed by atoms with E-state index in [1.54, 1.807) is 0 Å². The maximum Gasteiger partial charge on any atom is 0.416 e. The molecule has 0 bridgehead atoms. The van der Waals surface area contributed by atoms with Crippen molar-refractivity contribution in [2.75, 3.05) is 12.5 Å². The molecule has 0 radical (unpaired) electrons. The highest BCUT2D eigenvalue weighted by Crippen LogP contribution is 2.30. The third-order valence-corrected chi connectivity index (χ3v) is 3.65. The van der Waals surface area contributed by atoms with Crippen LogP contribution in [-0.4, -0.2) is 28.2 Å². The number of H-pyrrole nitrogens is 1. The van der Waals surface area contributed by atoms with Crippen molar-refractivity contribution < 1.29 is 27.1 Å². The number of anilines is 1. The number of benzene rings is 1. The first-order valence-electron chi connectivity index (χ1n) is 7.77. The molecule has 0 atom stereocenters. The number of nitrogens with one attached hydrogen (secondary N) is 3. The fourth-order valence-corrected chi connectivity index (χ4v) is 2.26. The predicted octanol–water partition coefficient (Wildman–Crippen LogP) is 3.40. The molecule has 3 rings (SSSR count). The first-order chi connectivity index (χ1) is 13.3. The minimum Gasteiger partial charge on any atom is -0.479 e. The number of aromatic amines is 1. The molecule has 0 saturated heterocycles. The van der Waals surface area contributed by atoms with Crippen LogP contribution in [0, 0.1) is 5.82 Å². The zero-order chi connectivity index (χ0) is 20.3. The van der Waals surface area contributed by atoms with Gasteiger partial charge in [0.15, 0.2) is 5.82 Å². The second-order valence-electron chi connectivity index (χ2n) is 5.54. The minimum atomic E-state index is -4.43. The van der Waals surface area contributed by atoms with Gasteiger partial charge < -0.3 is 4.74 Å². The summed E-state index contributed by atoms with van der Waals surface area (Å²) in [5.41, 5.74) is 4.92. The number of amides is 1. The molecule has 0 aliphatic carbocycles. The van der Waals surface area contributed by atoms with Crippen LogP contribution in [0.25, 0.3) is 11.3 Å². The van der Waals surface area contributed by atoms with Gasteiger partial charge in [-0.3, -0.25) is 20.7 Å². The number of hydrogen-bond acceptors (Lipinski definition) is 5. The van der Waals surface area contributed by atoms with Crippen LogP contribution >= 0.6 is 0 Å². The molecule has 0 fully saturated rings. The van der Waals surface area contributed by atoms with Gasteiger partial charge in [-0.2, -0.15) is 18.3 Å². The topological polar surface area (TPSA) is 91.9 Å². The van der Waals surface area contributed by atoms with Crippen LogP contribution < -0.4 is 15.6 Å². The molecule has 0 unspecified atom stereocenters. The number of methoxy groups -OCH3 is 1. The van der Waals surface area contributed by atoms with Crippen LogP contribution in [0.3, 0.4) is 0 Å². The van der Waals surface area contributed by atoms with E-state index in [2.05, 4.69) is 30.8 Å². The molecule has 2 aromatic heterocycles. The Kier molecular flexibility index (Phi) is 5.16. The third-order valence-electron chi connectivity index (χ3n) is 3.65. The Hall–Kier alpha value is -3.63. The van der Waals surface area contributed by atoms with Gasteiger partial charge in [-0.25, -0.2) is 9.37 Å². The number of aromatic nitrogens is 3. The van der Waals surface area contributed by atoms with E-state index >= 15 is 0 Å². The van der Waals surface area contributed by atoms with Gasteiger partial charge in [-0.05, 0) is 18.2 Å². The van der Waals surface area contributed by atoms with Crippen LogP contribution in [0.1, 0.15) is 16.1 Å². The van der Waals surface area contributed by atoms with Gasteiger partial charge in [0.2, 0.25) is 5.88 Å². The number of ether oxygens (including phenoxy) is 1. The van der Waals surface area contributed by atoms with Crippen molar-refractivity contribution in [3.8, 4) is 17.1 Å². The Morgan fingerprint density at radius 1 is 1.18 bits per heavy atom. The van der Waals surface area contributed by atoms with E-state index < -0.39 is 23.5 Å². The zero-order valence-corrected chi connectivity index (χ0v) is 14.3. The molecular formula is C17H13F4N5O2. The van der Waals surface area contributed by atoms with Crippen molar-refractivity contribution in [2.24, 2.45) is 0 Å². The standard InChI is InChI=1S/C17H13F4N5O2/c1-28-16-12(18)6-11(8-22-16)23-26-15(27)14-7-13(24-25-14)9-2-4-10(5-3-9)17(19,20)21/h2-8,23H,1H3,(H,24,25)(H,26,27). The van der Waals surface area contributed by atoms with Gasteiger partial charge in [0.05, 0.1) is 30.3 Å². The number of halogens is 4. The first kappa shape index (κ1) is 19.1.